The highest BCUT2D eigenvalue weighted by Crippen LogP contribution is 2.44. The summed E-state index contributed by atoms with van der Waals surface area (Å²) in [6.45, 7) is 0.776. The normalized spacial score (nSPS) is 24.2. The lowest BCUT2D eigenvalue weighted by molar-refractivity contribution is 0.139. The summed E-state index contributed by atoms with van der Waals surface area (Å²) in [4.78, 5) is 11.8. The molecule has 4 heteroatoms. The molecule has 25 heavy (non-hydrogen) atoms. The van der Waals surface area contributed by atoms with Crippen molar-refractivity contribution in [3.63, 3.8) is 0 Å². The van der Waals surface area contributed by atoms with Crippen molar-refractivity contribution >= 4 is 6.09 Å². The summed E-state index contributed by atoms with van der Waals surface area (Å²) in [7, 11) is 0. The number of benzene rings is 2. The highest BCUT2D eigenvalue weighted by Gasteiger charge is 2.45. The van der Waals surface area contributed by atoms with E-state index in [1.807, 2.05) is 30.3 Å². The highest BCUT2D eigenvalue weighted by molar-refractivity contribution is 5.67. The maximum Gasteiger partial charge on any atom is 0.407 e. The number of nitrogens with one attached hydrogen (secondary N) is 2. The predicted octanol–water partition coefficient (Wildman–Crippen LogP) is 3.85. The van der Waals surface area contributed by atoms with Gasteiger partial charge in [-0.2, -0.15) is 0 Å². The predicted molar refractivity (Wildman–Crippen MR) is 97.0 cm³/mol. The first-order valence-electron chi connectivity index (χ1n) is 9.05. The summed E-state index contributed by atoms with van der Waals surface area (Å²) in [6, 6.07) is 19.0. The standard InChI is InChI=1S/C21H24N2O2/c24-20(25-15-17-4-2-1-3-5-17)22-14-16-6-8-18(9-7-16)21-12-10-19(23-21)11-13-21/h1-9,19,23H,10-15H2,(H,22,24). The van der Waals surface area contributed by atoms with Crippen LogP contribution in [0.4, 0.5) is 4.79 Å². The lowest BCUT2D eigenvalue weighted by Crippen LogP contribution is -2.33. The van der Waals surface area contributed by atoms with Crippen molar-refractivity contribution in [2.24, 2.45) is 0 Å². The minimum absolute atomic E-state index is 0.200. The zero-order valence-corrected chi connectivity index (χ0v) is 14.3. The van der Waals surface area contributed by atoms with Gasteiger partial charge in [-0.25, -0.2) is 4.79 Å². The molecule has 0 radical (unpaired) electrons. The smallest absolute Gasteiger partial charge is 0.407 e. The molecule has 0 aliphatic carbocycles. The number of rotatable bonds is 5. The minimum atomic E-state index is -0.386. The second-order valence-corrected chi connectivity index (χ2v) is 7.11. The molecule has 0 spiro atoms. The fourth-order valence-electron chi connectivity index (χ4n) is 4.05. The maximum absolute atomic E-state index is 11.8. The number of amides is 1. The van der Waals surface area contributed by atoms with Gasteiger partial charge in [-0.15, -0.1) is 0 Å². The zero-order chi connectivity index (χ0) is 17.1. The van der Waals surface area contributed by atoms with Gasteiger partial charge in [0.2, 0.25) is 0 Å². The van der Waals surface area contributed by atoms with Crippen LogP contribution < -0.4 is 10.6 Å². The molecule has 130 valence electrons. The quantitative estimate of drug-likeness (QED) is 0.872. The maximum atomic E-state index is 11.8. The van der Waals surface area contributed by atoms with Crippen molar-refractivity contribution in [3.8, 4) is 0 Å². The fourth-order valence-corrected chi connectivity index (χ4v) is 4.05. The van der Waals surface area contributed by atoms with Crippen molar-refractivity contribution in [1.82, 2.24) is 10.6 Å². The molecule has 2 bridgehead atoms. The van der Waals surface area contributed by atoms with Gasteiger partial charge < -0.3 is 15.4 Å². The van der Waals surface area contributed by atoms with E-state index in [4.69, 9.17) is 4.74 Å². The van der Waals surface area contributed by atoms with Crippen LogP contribution in [0.1, 0.15) is 42.4 Å². The average Bonchev–Trinajstić information content (AvgIpc) is 3.28. The van der Waals surface area contributed by atoms with Crippen LogP contribution in [0.3, 0.4) is 0 Å². The summed E-state index contributed by atoms with van der Waals surface area (Å²) >= 11 is 0. The zero-order valence-electron chi connectivity index (χ0n) is 14.3. The van der Waals surface area contributed by atoms with Gasteiger partial charge in [-0.1, -0.05) is 54.6 Å². The molecule has 4 nitrogen and oxygen atoms in total. The van der Waals surface area contributed by atoms with Crippen LogP contribution in [-0.4, -0.2) is 12.1 Å². The van der Waals surface area contributed by atoms with Crippen LogP contribution >= 0.6 is 0 Å². The van der Waals surface area contributed by atoms with E-state index in [0.29, 0.717) is 19.2 Å². The first-order valence-corrected chi connectivity index (χ1v) is 9.05. The third-order valence-corrected chi connectivity index (χ3v) is 5.48. The molecule has 0 saturated carbocycles. The molecule has 2 aliphatic rings. The fraction of sp³-hybridized carbons (Fsp3) is 0.381. The Hall–Kier alpha value is -2.33. The Balaban J connectivity index is 1.28. The van der Waals surface area contributed by atoms with E-state index in [-0.39, 0.29) is 11.6 Å². The summed E-state index contributed by atoms with van der Waals surface area (Å²) in [5.41, 5.74) is 3.65. The van der Waals surface area contributed by atoms with E-state index in [9.17, 15) is 4.79 Å². The Kier molecular flexibility index (Phi) is 4.45. The van der Waals surface area contributed by atoms with E-state index >= 15 is 0 Å². The Morgan fingerprint density at radius 2 is 1.76 bits per heavy atom. The summed E-state index contributed by atoms with van der Waals surface area (Å²) < 4.78 is 5.23. The van der Waals surface area contributed by atoms with Gasteiger partial charge >= 0.3 is 6.09 Å². The van der Waals surface area contributed by atoms with Gasteiger partial charge in [0.25, 0.3) is 0 Å². The van der Waals surface area contributed by atoms with Gasteiger partial charge in [0.15, 0.2) is 0 Å². The summed E-state index contributed by atoms with van der Waals surface area (Å²) in [5, 5.41) is 6.58. The van der Waals surface area contributed by atoms with Crippen LogP contribution in [0.15, 0.2) is 54.6 Å². The number of fused-ring (bicyclic) bond motifs is 2. The monoisotopic (exact) mass is 336 g/mol. The molecule has 2 aromatic rings. The van der Waals surface area contributed by atoms with Crippen molar-refractivity contribution in [2.75, 3.05) is 0 Å². The summed E-state index contributed by atoms with van der Waals surface area (Å²) in [6.07, 6.45) is 4.66. The number of carbonyl (C=O) groups excluding carboxylic acids is 1. The third-order valence-electron chi connectivity index (χ3n) is 5.48. The van der Waals surface area contributed by atoms with E-state index in [1.165, 1.54) is 31.2 Å². The molecule has 0 unspecified atom stereocenters. The lowest BCUT2D eigenvalue weighted by atomic mass is 9.82. The molecule has 2 N–H and O–H groups in total. The molecule has 2 saturated heterocycles. The first-order chi connectivity index (χ1) is 12.2. The lowest BCUT2D eigenvalue weighted by Gasteiger charge is -2.27. The molecular formula is C21H24N2O2. The number of hydrogen-bond acceptors (Lipinski definition) is 3. The minimum Gasteiger partial charge on any atom is -0.445 e. The molecule has 4 rings (SSSR count). The van der Waals surface area contributed by atoms with Gasteiger partial charge in [0.05, 0.1) is 0 Å². The van der Waals surface area contributed by atoms with Crippen LogP contribution in [-0.2, 0) is 23.4 Å². The van der Waals surface area contributed by atoms with Crippen molar-refractivity contribution in [3.05, 3.63) is 71.3 Å². The van der Waals surface area contributed by atoms with E-state index < -0.39 is 0 Å². The van der Waals surface area contributed by atoms with Crippen LogP contribution in [0.2, 0.25) is 0 Å². The highest BCUT2D eigenvalue weighted by atomic mass is 16.5. The molecule has 0 atom stereocenters. The third kappa shape index (κ3) is 3.54. The van der Waals surface area contributed by atoms with Crippen LogP contribution in [0.25, 0.3) is 0 Å². The molecule has 2 fully saturated rings. The van der Waals surface area contributed by atoms with E-state index in [0.717, 1.165) is 11.1 Å². The van der Waals surface area contributed by atoms with Gasteiger partial charge in [-0.05, 0) is 42.4 Å². The Morgan fingerprint density at radius 1 is 1.04 bits per heavy atom. The van der Waals surface area contributed by atoms with Gasteiger partial charge in [-0.3, -0.25) is 0 Å². The number of hydrogen-bond donors (Lipinski definition) is 2. The molecule has 2 aromatic carbocycles. The largest absolute Gasteiger partial charge is 0.445 e. The average molecular weight is 336 g/mol. The van der Waals surface area contributed by atoms with Crippen molar-refractivity contribution in [2.45, 2.75) is 50.4 Å². The molecular weight excluding hydrogens is 312 g/mol. The number of carbonyl (C=O) groups is 1. The topological polar surface area (TPSA) is 50.4 Å². The Bertz CT molecular complexity index is 719. The molecule has 2 heterocycles. The molecule has 0 aromatic heterocycles. The SMILES string of the molecule is O=C(NCc1ccc(C23CCC(CC2)N3)cc1)OCc1ccccc1. The van der Waals surface area contributed by atoms with Crippen LogP contribution in [0, 0.1) is 0 Å². The van der Waals surface area contributed by atoms with E-state index in [2.05, 4.69) is 34.9 Å². The molecule has 2 aliphatic heterocycles. The van der Waals surface area contributed by atoms with E-state index in [1.54, 1.807) is 0 Å². The Morgan fingerprint density at radius 3 is 2.40 bits per heavy atom. The number of ether oxygens (including phenoxy) is 1. The second-order valence-electron chi connectivity index (χ2n) is 7.11. The molecule has 1 amide bonds. The number of alkyl carbamates (subject to hydrolysis) is 1. The first kappa shape index (κ1) is 16.2. The van der Waals surface area contributed by atoms with Crippen LogP contribution in [0.5, 0.6) is 0 Å². The van der Waals surface area contributed by atoms with Gasteiger partial charge in [0, 0.05) is 18.1 Å². The Labute approximate surface area is 148 Å². The summed E-state index contributed by atoms with van der Waals surface area (Å²) in [5.74, 6) is 0. The second kappa shape index (κ2) is 6.89. The van der Waals surface area contributed by atoms with Gasteiger partial charge in [0.1, 0.15) is 6.61 Å². The van der Waals surface area contributed by atoms with Crippen molar-refractivity contribution in [1.29, 1.82) is 0 Å². The van der Waals surface area contributed by atoms with Crippen molar-refractivity contribution < 1.29 is 9.53 Å².